The summed E-state index contributed by atoms with van der Waals surface area (Å²) in [5.41, 5.74) is 10.0. The van der Waals surface area contributed by atoms with Gasteiger partial charge in [0.25, 0.3) is 0 Å². The highest BCUT2D eigenvalue weighted by Crippen LogP contribution is 2.20. The number of aryl methyl sites for hydroxylation is 2. The number of halogens is 1. The van der Waals surface area contributed by atoms with E-state index in [9.17, 15) is 4.39 Å². The molecule has 0 amide bonds. The van der Waals surface area contributed by atoms with Gasteiger partial charge in [-0.3, -0.25) is 0 Å². The molecule has 0 unspecified atom stereocenters. The van der Waals surface area contributed by atoms with Gasteiger partial charge in [-0.25, -0.2) is 9.37 Å². The molecule has 2 N–H and O–H groups in total. The molecule has 0 radical (unpaired) electrons. The zero-order valence-electron chi connectivity index (χ0n) is 12.7. The molecule has 1 aromatic heterocycles. The maximum Gasteiger partial charge on any atom is 0.123 e. The molecule has 0 bridgehead atoms. The minimum absolute atomic E-state index is 0.210. The Balaban J connectivity index is 2.02. The van der Waals surface area contributed by atoms with E-state index in [4.69, 9.17) is 10.7 Å². The summed E-state index contributed by atoms with van der Waals surface area (Å²) >= 11 is 0. The van der Waals surface area contributed by atoms with Crippen molar-refractivity contribution < 1.29 is 4.39 Å². The van der Waals surface area contributed by atoms with Crippen molar-refractivity contribution in [1.82, 2.24) is 9.55 Å². The quantitative estimate of drug-likeness (QED) is 0.784. The van der Waals surface area contributed by atoms with Gasteiger partial charge in [0.2, 0.25) is 0 Å². The van der Waals surface area contributed by atoms with E-state index in [-0.39, 0.29) is 5.82 Å². The van der Waals surface area contributed by atoms with Gasteiger partial charge < -0.3 is 10.3 Å². The molecular formula is C18H20FN3. The summed E-state index contributed by atoms with van der Waals surface area (Å²) in [6.07, 6.45) is 1.76. The number of nitrogens with zero attached hydrogens (tertiary/aromatic N) is 2. The van der Waals surface area contributed by atoms with Crippen LogP contribution in [0.5, 0.6) is 0 Å². The molecule has 0 aliphatic rings. The van der Waals surface area contributed by atoms with Crippen molar-refractivity contribution in [3.05, 3.63) is 65.2 Å². The number of rotatable bonds is 5. The molecule has 0 atom stereocenters. The number of hydrogen-bond donors (Lipinski definition) is 1. The summed E-state index contributed by atoms with van der Waals surface area (Å²) in [5.74, 6) is 0.827. The summed E-state index contributed by atoms with van der Waals surface area (Å²) in [4.78, 5) is 4.76. The monoisotopic (exact) mass is 297 g/mol. The number of hydrogen-bond acceptors (Lipinski definition) is 2. The fourth-order valence-electron chi connectivity index (χ4n) is 2.69. The van der Waals surface area contributed by atoms with Crippen molar-refractivity contribution in [3.63, 3.8) is 0 Å². The lowest BCUT2D eigenvalue weighted by atomic mass is 10.2. The van der Waals surface area contributed by atoms with Crippen LogP contribution in [0.3, 0.4) is 0 Å². The minimum Gasteiger partial charge on any atom is -0.330 e. The van der Waals surface area contributed by atoms with Gasteiger partial charge in [-0.15, -0.1) is 0 Å². The Bertz CT molecular complexity index is 775. The number of nitrogens with two attached hydrogens (primary N) is 1. The Morgan fingerprint density at radius 1 is 1.14 bits per heavy atom. The Morgan fingerprint density at radius 3 is 2.64 bits per heavy atom. The molecule has 0 saturated heterocycles. The van der Waals surface area contributed by atoms with Gasteiger partial charge in [-0.2, -0.15) is 0 Å². The Morgan fingerprint density at radius 2 is 1.91 bits per heavy atom. The highest BCUT2D eigenvalue weighted by atomic mass is 19.1. The van der Waals surface area contributed by atoms with Gasteiger partial charge in [0.15, 0.2) is 0 Å². The van der Waals surface area contributed by atoms with E-state index in [1.807, 2.05) is 12.1 Å². The molecule has 0 fully saturated rings. The normalized spacial score (nSPS) is 11.2. The van der Waals surface area contributed by atoms with Crippen molar-refractivity contribution in [1.29, 1.82) is 0 Å². The summed E-state index contributed by atoms with van der Waals surface area (Å²) in [6.45, 7) is 3.41. The fourth-order valence-corrected chi connectivity index (χ4v) is 2.69. The molecule has 3 aromatic rings. The third-order valence-corrected chi connectivity index (χ3v) is 3.84. The zero-order chi connectivity index (χ0) is 15.5. The third-order valence-electron chi connectivity index (χ3n) is 3.84. The van der Waals surface area contributed by atoms with Crippen LogP contribution in [-0.4, -0.2) is 16.1 Å². The average molecular weight is 297 g/mol. The molecular weight excluding hydrogens is 277 g/mol. The van der Waals surface area contributed by atoms with Crippen LogP contribution in [0, 0.1) is 12.7 Å². The Kier molecular flexibility index (Phi) is 4.20. The van der Waals surface area contributed by atoms with E-state index in [1.54, 1.807) is 0 Å². The van der Waals surface area contributed by atoms with E-state index < -0.39 is 0 Å². The van der Waals surface area contributed by atoms with Crippen LogP contribution in [0.2, 0.25) is 0 Å². The molecule has 1 heterocycles. The molecule has 0 spiro atoms. The van der Waals surface area contributed by atoms with Crippen molar-refractivity contribution in [2.45, 2.75) is 26.3 Å². The van der Waals surface area contributed by atoms with Crippen molar-refractivity contribution in [2.75, 3.05) is 6.54 Å². The first-order chi connectivity index (χ1) is 10.7. The largest absolute Gasteiger partial charge is 0.330 e. The van der Waals surface area contributed by atoms with Gasteiger partial charge in [-0.1, -0.05) is 18.2 Å². The van der Waals surface area contributed by atoms with Crippen molar-refractivity contribution in [2.24, 2.45) is 5.73 Å². The first-order valence-electron chi connectivity index (χ1n) is 7.57. The first-order valence-corrected chi connectivity index (χ1v) is 7.57. The number of fused-ring (bicyclic) bond motifs is 1. The minimum atomic E-state index is -0.210. The number of benzene rings is 2. The lowest BCUT2D eigenvalue weighted by Crippen LogP contribution is -2.08. The maximum absolute atomic E-state index is 13.1. The second-order valence-corrected chi connectivity index (χ2v) is 5.63. The van der Waals surface area contributed by atoms with Crippen LogP contribution < -0.4 is 5.73 Å². The second kappa shape index (κ2) is 6.28. The van der Waals surface area contributed by atoms with Crippen LogP contribution >= 0.6 is 0 Å². The number of aromatic nitrogens is 2. The van der Waals surface area contributed by atoms with Crippen LogP contribution in [0.4, 0.5) is 4.39 Å². The summed E-state index contributed by atoms with van der Waals surface area (Å²) in [7, 11) is 0. The molecule has 0 aliphatic heterocycles. The van der Waals surface area contributed by atoms with Gasteiger partial charge in [0.05, 0.1) is 11.0 Å². The topological polar surface area (TPSA) is 43.8 Å². The van der Waals surface area contributed by atoms with Crippen LogP contribution in [0.15, 0.2) is 42.5 Å². The third kappa shape index (κ3) is 3.02. The predicted octanol–water partition coefficient (Wildman–Crippen LogP) is 3.42. The maximum atomic E-state index is 13.1. The molecule has 3 rings (SSSR count). The lowest BCUT2D eigenvalue weighted by Gasteiger charge is -2.09. The number of imidazole rings is 1. The van der Waals surface area contributed by atoms with Crippen molar-refractivity contribution in [3.8, 4) is 0 Å². The van der Waals surface area contributed by atoms with Crippen LogP contribution in [0.25, 0.3) is 11.0 Å². The van der Waals surface area contributed by atoms with E-state index >= 15 is 0 Å². The van der Waals surface area contributed by atoms with E-state index in [0.29, 0.717) is 13.1 Å². The fraction of sp³-hybridized carbons (Fsp3) is 0.278. The molecule has 22 heavy (non-hydrogen) atoms. The van der Waals surface area contributed by atoms with Gasteiger partial charge in [0.1, 0.15) is 11.6 Å². The predicted molar refractivity (Wildman–Crippen MR) is 87.3 cm³/mol. The smallest absolute Gasteiger partial charge is 0.123 e. The average Bonchev–Trinajstić information content (AvgIpc) is 2.84. The van der Waals surface area contributed by atoms with Gasteiger partial charge in [0, 0.05) is 13.0 Å². The standard InChI is InChI=1S/C18H20FN3/c1-13-4-9-17-16(11-13)21-18(3-2-10-20)22(17)12-14-5-7-15(19)8-6-14/h4-9,11H,2-3,10,12,20H2,1H3. The SMILES string of the molecule is Cc1ccc2c(c1)nc(CCCN)n2Cc1ccc(F)cc1. The van der Waals surface area contributed by atoms with Gasteiger partial charge >= 0.3 is 0 Å². The lowest BCUT2D eigenvalue weighted by molar-refractivity contribution is 0.626. The molecule has 0 saturated carbocycles. The molecule has 3 nitrogen and oxygen atoms in total. The van der Waals surface area contributed by atoms with Crippen LogP contribution in [0.1, 0.15) is 23.4 Å². The van der Waals surface area contributed by atoms with Crippen LogP contribution in [-0.2, 0) is 13.0 Å². The molecule has 114 valence electrons. The molecule has 4 heteroatoms. The zero-order valence-corrected chi connectivity index (χ0v) is 12.7. The van der Waals surface area contributed by atoms with Gasteiger partial charge in [-0.05, 0) is 55.3 Å². The van der Waals surface area contributed by atoms with E-state index in [0.717, 1.165) is 35.3 Å². The second-order valence-electron chi connectivity index (χ2n) is 5.63. The summed E-state index contributed by atoms with van der Waals surface area (Å²) < 4.78 is 15.3. The Hall–Kier alpha value is -2.20. The molecule has 2 aromatic carbocycles. The highest BCUT2D eigenvalue weighted by Gasteiger charge is 2.11. The highest BCUT2D eigenvalue weighted by molar-refractivity contribution is 5.77. The van der Waals surface area contributed by atoms with E-state index in [1.165, 1.54) is 17.7 Å². The Labute approximate surface area is 129 Å². The van der Waals surface area contributed by atoms with E-state index in [2.05, 4.69) is 29.7 Å². The first kappa shape index (κ1) is 14.7. The summed E-state index contributed by atoms with van der Waals surface area (Å²) in [6, 6.07) is 12.9. The summed E-state index contributed by atoms with van der Waals surface area (Å²) in [5, 5.41) is 0. The molecule has 0 aliphatic carbocycles. The van der Waals surface area contributed by atoms with Crippen molar-refractivity contribution >= 4 is 11.0 Å².